The van der Waals surface area contributed by atoms with Crippen molar-refractivity contribution in [2.45, 2.75) is 6.54 Å². The minimum atomic E-state index is -0.304. The fraction of sp³-hybridized carbons (Fsp3) is 0.138. The second-order valence-electron chi connectivity index (χ2n) is 9.01. The maximum Gasteiger partial charge on any atom is 0.269 e. The molecule has 0 bridgehead atoms. The molecule has 0 aliphatic carbocycles. The Hall–Kier alpha value is -4.77. The van der Waals surface area contributed by atoms with Crippen LogP contribution in [-0.4, -0.2) is 51.8 Å². The number of ether oxygens (including phenoxy) is 2. The SMILES string of the molecule is COc1cc(-c2nccc(-c3cc4n(n3)CCNC4=O)n2)cc(Br)c1OCC(=O)Nc1cccc2ccccc12. The third-order valence-corrected chi connectivity index (χ3v) is 7.03. The second-order valence-corrected chi connectivity index (χ2v) is 9.87. The number of hydrogen-bond donors (Lipinski definition) is 2. The van der Waals surface area contributed by atoms with Crippen molar-refractivity contribution >= 4 is 44.2 Å². The van der Waals surface area contributed by atoms with Gasteiger partial charge >= 0.3 is 0 Å². The lowest BCUT2D eigenvalue weighted by Crippen LogP contribution is -2.35. The van der Waals surface area contributed by atoms with E-state index in [2.05, 4.69) is 41.6 Å². The van der Waals surface area contributed by atoms with Crippen LogP contribution in [0.15, 0.2) is 77.4 Å². The van der Waals surface area contributed by atoms with E-state index >= 15 is 0 Å². The van der Waals surface area contributed by atoms with Crippen molar-refractivity contribution in [3.63, 3.8) is 0 Å². The first kappa shape index (κ1) is 25.5. The number of fused-ring (bicyclic) bond motifs is 2. The van der Waals surface area contributed by atoms with E-state index in [1.165, 1.54) is 7.11 Å². The zero-order chi connectivity index (χ0) is 27.6. The summed E-state index contributed by atoms with van der Waals surface area (Å²) < 4.78 is 13.7. The van der Waals surface area contributed by atoms with E-state index in [9.17, 15) is 9.59 Å². The van der Waals surface area contributed by atoms with Gasteiger partial charge in [-0.2, -0.15) is 5.10 Å². The number of nitrogens with zero attached hydrogens (tertiary/aromatic N) is 4. The average Bonchev–Trinajstić information content (AvgIpc) is 3.42. The van der Waals surface area contributed by atoms with Crippen LogP contribution in [0.4, 0.5) is 5.69 Å². The van der Waals surface area contributed by atoms with Crippen molar-refractivity contribution in [1.82, 2.24) is 25.1 Å². The van der Waals surface area contributed by atoms with Crippen LogP contribution < -0.4 is 20.1 Å². The van der Waals surface area contributed by atoms with E-state index in [1.54, 1.807) is 35.1 Å². The highest BCUT2D eigenvalue weighted by atomic mass is 79.9. The number of hydrogen-bond acceptors (Lipinski definition) is 7. The molecule has 2 aromatic heterocycles. The lowest BCUT2D eigenvalue weighted by Gasteiger charge is -2.15. The summed E-state index contributed by atoms with van der Waals surface area (Å²) in [7, 11) is 1.52. The molecule has 0 saturated carbocycles. The molecule has 2 N–H and O–H groups in total. The molecule has 0 fully saturated rings. The van der Waals surface area contributed by atoms with E-state index in [1.807, 2.05) is 42.5 Å². The molecule has 3 aromatic carbocycles. The normalized spacial score (nSPS) is 12.5. The lowest BCUT2D eigenvalue weighted by molar-refractivity contribution is -0.118. The maximum atomic E-state index is 12.7. The molecule has 10 nitrogen and oxygen atoms in total. The number of anilines is 1. The fourth-order valence-corrected chi connectivity index (χ4v) is 5.11. The van der Waals surface area contributed by atoms with Crippen LogP contribution in [0.5, 0.6) is 11.5 Å². The number of rotatable bonds is 7. The highest BCUT2D eigenvalue weighted by Crippen LogP contribution is 2.39. The summed E-state index contributed by atoms with van der Waals surface area (Å²) in [5.41, 5.74) is 3.04. The Labute approximate surface area is 237 Å². The van der Waals surface area contributed by atoms with Gasteiger partial charge in [-0.1, -0.05) is 36.4 Å². The molecule has 0 radical (unpaired) electrons. The molecule has 11 heteroatoms. The number of benzene rings is 3. The van der Waals surface area contributed by atoms with Gasteiger partial charge < -0.3 is 20.1 Å². The Balaban J connectivity index is 1.21. The van der Waals surface area contributed by atoms with Crippen LogP contribution in [0.3, 0.4) is 0 Å². The lowest BCUT2D eigenvalue weighted by atomic mass is 10.1. The number of aromatic nitrogens is 4. The topological polar surface area (TPSA) is 120 Å². The van der Waals surface area contributed by atoms with Gasteiger partial charge in [-0.05, 0) is 51.6 Å². The van der Waals surface area contributed by atoms with E-state index < -0.39 is 0 Å². The van der Waals surface area contributed by atoms with Crippen molar-refractivity contribution in [3.05, 3.63) is 83.1 Å². The molecule has 3 heterocycles. The number of nitrogens with one attached hydrogen (secondary N) is 2. The minimum Gasteiger partial charge on any atom is -0.493 e. The molecule has 40 heavy (non-hydrogen) atoms. The standard InChI is InChI=1S/C29H23BrN6O4/c1-39-25-14-18(28-31-10-9-22(34-28)23-15-24-29(38)32-11-12-36(24)35-23)13-20(30)27(25)40-16-26(37)33-21-8-4-6-17-5-2-3-7-19(17)21/h2-10,13-15H,11-12,16H2,1H3,(H,32,38)(H,33,37). The van der Waals surface area contributed by atoms with Crippen molar-refractivity contribution in [2.24, 2.45) is 0 Å². The van der Waals surface area contributed by atoms with E-state index in [-0.39, 0.29) is 18.4 Å². The maximum absolute atomic E-state index is 12.7. The third-order valence-electron chi connectivity index (χ3n) is 6.44. The van der Waals surface area contributed by atoms with Crippen LogP contribution >= 0.6 is 15.9 Å². The quantitative estimate of drug-likeness (QED) is 0.279. The molecule has 0 atom stereocenters. The van der Waals surface area contributed by atoms with Crippen LogP contribution in [0.1, 0.15) is 10.5 Å². The summed E-state index contributed by atoms with van der Waals surface area (Å²) in [6.07, 6.45) is 1.64. The molecular weight excluding hydrogens is 576 g/mol. The first-order valence-electron chi connectivity index (χ1n) is 12.5. The Kier molecular flexibility index (Phi) is 6.87. The molecule has 0 spiro atoms. The summed E-state index contributed by atoms with van der Waals surface area (Å²) in [5, 5.41) is 12.2. The third kappa shape index (κ3) is 4.98. The largest absolute Gasteiger partial charge is 0.493 e. The predicted molar refractivity (Wildman–Crippen MR) is 153 cm³/mol. The van der Waals surface area contributed by atoms with E-state index in [0.717, 1.165) is 10.8 Å². The first-order valence-corrected chi connectivity index (χ1v) is 13.3. The Morgan fingerprint density at radius 3 is 2.80 bits per heavy atom. The predicted octanol–water partition coefficient (Wildman–Crippen LogP) is 4.69. The summed E-state index contributed by atoms with van der Waals surface area (Å²) in [6, 6.07) is 20.6. The monoisotopic (exact) mass is 598 g/mol. The van der Waals surface area contributed by atoms with Gasteiger partial charge in [-0.25, -0.2) is 9.97 Å². The Morgan fingerprint density at radius 2 is 1.95 bits per heavy atom. The second kappa shape index (κ2) is 10.8. The van der Waals surface area contributed by atoms with Gasteiger partial charge in [-0.3, -0.25) is 14.3 Å². The molecule has 200 valence electrons. The number of carbonyl (C=O) groups excluding carboxylic acids is 2. The molecule has 0 unspecified atom stereocenters. The summed E-state index contributed by atoms with van der Waals surface area (Å²) in [4.78, 5) is 34.0. The number of halogens is 1. The van der Waals surface area contributed by atoms with Crippen LogP contribution in [0, 0.1) is 0 Å². The molecule has 0 saturated heterocycles. The molecular formula is C29H23BrN6O4. The van der Waals surface area contributed by atoms with Crippen molar-refractivity contribution in [1.29, 1.82) is 0 Å². The van der Waals surface area contributed by atoms with E-state index in [4.69, 9.17) is 9.47 Å². The van der Waals surface area contributed by atoms with Gasteiger partial charge in [0.05, 0.1) is 23.8 Å². The van der Waals surface area contributed by atoms with Crippen molar-refractivity contribution in [2.75, 3.05) is 25.6 Å². The summed E-state index contributed by atoms with van der Waals surface area (Å²) in [6.45, 7) is 0.918. The van der Waals surface area contributed by atoms with Gasteiger partial charge in [0, 0.05) is 29.4 Å². The smallest absolute Gasteiger partial charge is 0.269 e. The van der Waals surface area contributed by atoms with Crippen molar-refractivity contribution in [3.8, 4) is 34.3 Å². The number of methoxy groups -OCH3 is 1. The van der Waals surface area contributed by atoms with Gasteiger partial charge in [0.15, 0.2) is 23.9 Å². The van der Waals surface area contributed by atoms with E-state index in [0.29, 0.717) is 63.2 Å². The number of amides is 2. The van der Waals surface area contributed by atoms with Crippen LogP contribution in [0.2, 0.25) is 0 Å². The summed E-state index contributed by atoms with van der Waals surface area (Å²) in [5.74, 6) is 0.761. The molecule has 2 amide bonds. The molecule has 1 aliphatic rings. The van der Waals surface area contributed by atoms with Crippen molar-refractivity contribution < 1.29 is 19.1 Å². The molecule has 1 aliphatic heterocycles. The first-order chi connectivity index (χ1) is 19.5. The average molecular weight is 599 g/mol. The fourth-order valence-electron chi connectivity index (χ4n) is 4.55. The van der Waals surface area contributed by atoms with Crippen LogP contribution in [-0.2, 0) is 11.3 Å². The number of carbonyl (C=O) groups is 2. The molecule has 6 rings (SSSR count). The van der Waals surface area contributed by atoms with Crippen LogP contribution in [0.25, 0.3) is 33.5 Å². The summed E-state index contributed by atoms with van der Waals surface area (Å²) >= 11 is 3.54. The zero-order valence-electron chi connectivity index (χ0n) is 21.3. The van der Waals surface area contributed by atoms with Gasteiger partial charge in [0.1, 0.15) is 11.4 Å². The Bertz CT molecular complexity index is 1760. The highest BCUT2D eigenvalue weighted by molar-refractivity contribution is 9.10. The van der Waals surface area contributed by atoms with Gasteiger partial charge in [0.25, 0.3) is 11.8 Å². The molecule has 5 aromatic rings. The minimum absolute atomic E-state index is 0.158. The van der Waals surface area contributed by atoms with Gasteiger partial charge in [-0.15, -0.1) is 0 Å². The Morgan fingerprint density at radius 1 is 1.10 bits per heavy atom. The highest BCUT2D eigenvalue weighted by Gasteiger charge is 2.21. The van der Waals surface area contributed by atoms with Gasteiger partial charge in [0.2, 0.25) is 0 Å². The zero-order valence-corrected chi connectivity index (χ0v) is 22.9.